The third kappa shape index (κ3) is 2.54. The highest BCUT2D eigenvalue weighted by molar-refractivity contribution is 5.26. The van der Waals surface area contributed by atoms with E-state index in [2.05, 4.69) is 40.7 Å². The van der Waals surface area contributed by atoms with E-state index in [1.807, 2.05) is 7.11 Å². The maximum Gasteiger partial charge on any atom is 0.0751 e. The summed E-state index contributed by atoms with van der Waals surface area (Å²) in [5, 5.41) is 10.9. The van der Waals surface area contributed by atoms with Gasteiger partial charge in [0.05, 0.1) is 12.2 Å². The summed E-state index contributed by atoms with van der Waals surface area (Å²) in [7, 11) is 1.99. The lowest BCUT2D eigenvalue weighted by molar-refractivity contribution is -0.162. The molecule has 5 rings (SSSR count). The summed E-state index contributed by atoms with van der Waals surface area (Å²) in [5.74, 6) is 4.56. The second-order valence-corrected chi connectivity index (χ2v) is 12.6. The van der Waals surface area contributed by atoms with Gasteiger partial charge in [0.2, 0.25) is 0 Å². The van der Waals surface area contributed by atoms with E-state index in [1.165, 1.54) is 56.9 Å². The van der Waals surface area contributed by atoms with Crippen molar-refractivity contribution >= 4 is 0 Å². The fourth-order valence-electron chi connectivity index (χ4n) is 10.2. The lowest BCUT2D eigenvalue weighted by Crippen LogP contribution is -2.57. The Morgan fingerprint density at radius 2 is 1.83 bits per heavy atom. The fourth-order valence-corrected chi connectivity index (χ4v) is 10.2. The number of allylic oxidation sites excluding steroid dienone is 1. The molecule has 1 N–H and O–H groups in total. The van der Waals surface area contributed by atoms with Gasteiger partial charge < -0.3 is 9.84 Å². The Morgan fingerprint density at radius 1 is 1.07 bits per heavy atom. The third-order valence-electron chi connectivity index (χ3n) is 11.6. The van der Waals surface area contributed by atoms with Gasteiger partial charge in [0.1, 0.15) is 0 Å². The number of hydrogen-bond acceptors (Lipinski definition) is 2. The Bertz CT molecular complexity index is 695. The molecule has 1 unspecified atom stereocenters. The zero-order chi connectivity index (χ0) is 20.8. The SMILES string of the molecule is CO[C@@H]1C[C@H]2[C@@H]3CCC([C@H](C)[C@@H](O)C=C(C)C)[C@@]3(C)CC[C@@H]2[C@@]2(C)CC[C@H]3C[C@]312. The van der Waals surface area contributed by atoms with Crippen LogP contribution in [0.3, 0.4) is 0 Å². The molecule has 0 heterocycles. The normalized spacial score (nSPS) is 54.6. The summed E-state index contributed by atoms with van der Waals surface area (Å²) in [6, 6.07) is 0. The average molecular weight is 401 g/mol. The highest BCUT2D eigenvalue weighted by Crippen LogP contribution is 2.82. The summed E-state index contributed by atoms with van der Waals surface area (Å²) in [5.41, 5.74) is 2.69. The molecule has 0 aromatic carbocycles. The molecule has 0 amide bonds. The first-order valence-corrected chi connectivity index (χ1v) is 12.5. The first-order chi connectivity index (χ1) is 13.7. The van der Waals surface area contributed by atoms with Crippen LogP contribution in [0.15, 0.2) is 11.6 Å². The number of ether oxygens (including phenoxy) is 1. The Labute approximate surface area is 178 Å². The maximum absolute atomic E-state index is 10.9. The van der Waals surface area contributed by atoms with Crippen molar-refractivity contribution in [1.82, 2.24) is 0 Å². The van der Waals surface area contributed by atoms with Gasteiger partial charge in [0, 0.05) is 12.5 Å². The second-order valence-electron chi connectivity index (χ2n) is 12.6. The van der Waals surface area contributed by atoms with E-state index in [0.717, 1.165) is 23.7 Å². The second kappa shape index (κ2) is 6.58. The Kier molecular flexibility index (Phi) is 4.66. The Morgan fingerprint density at radius 3 is 2.48 bits per heavy atom. The van der Waals surface area contributed by atoms with Crippen molar-refractivity contribution in [3.05, 3.63) is 11.6 Å². The van der Waals surface area contributed by atoms with Gasteiger partial charge in [-0.2, -0.15) is 0 Å². The predicted octanol–water partition coefficient (Wildman–Crippen LogP) is 6.23. The van der Waals surface area contributed by atoms with Gasteiger partial charge >= 0.3 is 0 Å². The lowest BCUT2D eigenvalue weighted by Gasteiger charge is -2.61. The minimum Gasteiger partial charge on any atom is -0.389 e. The molecule has 0 aromatic heterocycles. The minimum absolute atomic E-state index is 0.292. The number of aliphatic hydroxyl groups is 1. The zero-order valence-electron chi connectivity index (χ0n) is 19.7. The van der Waals surface area contributed by atoms with Gasteiger partial charge in [0.15, 0.2) is 0 Å². The lowest BCUT2D eigenvalue weighted by atomic mass is 9.45. The largest absolute Gasteiger partial charge is 0.389 e. The van der Waals surface area contributed by atoms with Crippen LogP contribution in [-0.2, 0) is 4.74 Å². The standard InChI is InChI=1S/C27H44O2/c1-16(2)13-23(28)17(3)20-7-8-21-19-14-24(29-6)27-15-18(27)9-12-26(27,5)22(19)10-11-25(20,21)4/h13,17-24,28H,7-12,14-15H2,1-6H3/t17-,18-,19-,20?,21-,22-,23-,24+,25+,26+,27-/m0/s1. The van der Waals surface area contributed by atoms with Crippen LogP contribution in [0.5, 0.6) is 0 Å². The molecule has 29 heavy (non-hydrogen) atoms. The van der Waals surface area contributed by atoms with Crippen LogP contribution in [0.25, 0.3) is 0 Å². The summed E-state index contributed by atoms with van der Waals surface area (Å²) >= 11 is 0. The summed E-state index contributed by atoms with van der Waals surface area (Å²) < 4.78 is 6.25. The van der Waals surface area contributed by atoms with Crippen molar-refractivity contribution < 1.29 is 9.84 Å². The Balaban J connectivity index is 1.43. The van der Waals surface area contributed by atoms with E-state index in [0.29, 0.717) is 34.2 Å². The van der Waals surface area contributed by atoms with Crippen molar-refractivity contribution in [2.24, 2.45) is 51.8 Å². The van der Waals surface area contributed by atoms with Crippen LogP contribution in [0, 0.1) is 51.8 Å². The van der Waals surface area contributed by atoms with Crippen molar-refractivity contribution in [3.63, 3.8) is 0 Å². The molecule has 0 bridgehead atoms. The smallest absolute Gasteiger partial charge is 0.0751 e. The van der Waals surface area contributed by atoms with Crippen molar-refractivity contribution in [1.29, 1.82) is 0 Å². The molecule has 5 aliphatic rings. The number of methoxy groups -OCH3 is 1. The van der Waals surface area contributed by atoms with Crippen molar-refractivity contribution in [2.45, 2.75) is 98.2 Å². The molecule has 5 fully saturated rings. The summed E-state index contributed by atoms with van der Waals surface area (Å²) in [6.07, 6.45) is 13.4. The van der Waals surface area contributed by atoms with Crippen LogP contribution in [0.1, 0.15) is 86.0 Å². The molecule has 2 heteroatoms. The first-order valence-electron chi connectivity index (χ1n) is 12.5. The van der Waals surface area contributed by atoms with Gasteiger partial charge in [-0.25, -0.2) is 0 Å². The van der Waals surface area contributed by atoms with Crippen LogP contribution in [0.2, 0.25) is 0 Å². The maximum atomic E-state index is 10.9. The fraction of sp³-hybridized carbons (Fsp3) is 0.926. The van der Waals surface area contributed by atoms with E-state index in [9.17, 15) is 5.11 Å². The number of hydrogen-bond donors (Lipinski definition) is 1. The van der Waals surface area contributed by atoms with Gasteiger partial charge in [-0.05, 0) is 112 Å². The molecule has 164 valence electrons. The van der Waals surface area contributed by atoms with Crippen LogP contribution in [-0.4, -0.2) is 24.4 Å². The van der Waals surface area contributed by atoms with Crippen LogP contribution >= 0.6 is 0 Å². The van der Waals surface area contributed by atoms with E-state index in [-0.39, 0.29) is 6.10 Å². The molecule has 0 aromatic rings. The number of fused-ring (bicyclic) bond motifs is 4. The molecular formula is C27H44O2. The van der Waals surface area contributed by atoms with E-state index >= 15 is 0 Å². The first kappa shape index (κ1) is 20.6. The topological polar surface area (TPSA) is 29.5 Å². The van der Waals surface area contributed by atoms with E-state index in [4.69, 9.17) is 4.74 Å². The molecular weight excluding hydrogens is 356 g/mol. The van der Waals surface area contributed by atoms with Crippen LogP contribution in [0.4, 0.5) is 0 Å². The predicted molar refractivity (Wildman–Crippen MR) is 118 cm³/mol. The van der Waals surface area contributed by atoms with Gasteiger partial charge in [-0.15, -0.1) is 0 Å². The summed E-state index contributed by atoms with van der Waals surface area (Å²) in [4.78, 5) is 0. The molecule has 5 aliphatic carbocycles. The Hall–Kier alpha value is -0.340. The van der Waals surface area contributed by atoms with Gasteiger partial charge in [0.25, 0.3) is 0 Å². The van der Waals surface area contributed by atoms with Crippen LogP contribution < -0.4 is 0 Å². The minimum atomic E-state index is -0.292. The highest BCUT2D eigenvalue weighted by atomic mass is 16.5. The molecule has 0 saturated heterocycles. The van der Waals surface area contributed by atoms with Crippen molar-refractivity contribution in [2.75, 3.05) is 7.11 Å². The molecule has 11 atom stereocenters. The summed E-state index contributed by atoms with van der Waals surface area (Å²) in [6.45, 7) is 11.8. The molecule has 0 radical (unpaired) electrons. The van der Waals surface area contributed by atoms with E-state index in [1.54, 1.807) is 0 Å². The third-order valence-corrected chi connectivity index (χ3v) is 11.6. The van der Waals surface area contributed by atoms with Crippen molar-refractivity contribution in [3.8, 4) is 0 Å². The molecule has 2 nitrogen and oxygen atoms in total. The number of rotatable bonds is 4. The molecule has 5 saturated carbocycles. The quantitative estimate of drug-likeness (QED) is 0.567. The number of aliphatic hydroxyl groups excluding tert-OH is 1. The van der Waals surface area contributed by atoms with Gasteiger partial charge in [-0.3, -0.25) is 0 Å². The van der Waals surface area contributed by atoms with Gasteiger partial charge in [-0.1, -0.05) is 32.4 Å². The molecule has 0 aliphatic heterocycles. The van der Waals surface area contributed by atoms with E-state index < -0.39 is 0 Å². The molecule has 1 spiro atoms. The zero-order valence-corrected chi connectivity index (χ0v) is 19.7. The monoisotopic (exact) mass is 400 g/mol. The highest BCUT2D eigenvalue weighted by Gasteiger charge is 2.77. The average Bonchev–Trinajstić information content (AvgIpc) is 3.18.